The van der Waals surface area contributed by atoms with E-state index in [0.717, 1.165) is 36.8 Å². The zero-order valence-electron chi connectivity index (χ0n) is 12.9. The molecule has 4 heteroatoms. The van der Waals surface area contributed by atoms with Gasteiger partial charge in [0.2, 0.25) is 0 Å². The van der Waals surface area contributed by atoms with E-state index >= 15 is 0 Å². The van der Waals surface area contributed by atoms with Crippen molar-refractivity contribution in [1.82, 2.24) is 5.32 Å². The number of fused-ring (bicyclic) bond motifs is 2. The van der Waals surface area contributed by atoms with Crippen LogP contribution < -0.4 is 10.2 Å². The molecule has 3 atom stereocenters. The molecule has 0 spiro atoms. The number of anilines is 1. The number of nitrogens with zero attached hydrogens (tertiary/aromatic N) is 1. The maximum Gasteiger partial charge on any atom is 0.0755 e. The molecule has 116 valence electrons. The highest BCUT2D eigenvalue weighted by atomic mass is 35.5. The highest BCUT2D eigenvalue weighted by Gasteiger charge is 2.34. The summed E-state index contributed by atoms with van der Waals surface area (Å²) in [5, 5.41) is 4.37. The van der Waals surface area contributed by atoms with Crippen LogP contribution in [0, 0.1) is 0 Å². The molecule has 2 saturated heterocycles. The second-order valence-corrected chi connectivity index (χ2v) is 6.66. The average Bonchev–Trinajstić information content (AvgIpc) is 2.83. The van der Waals surface area contributed by atoms with E-state index in [-0.39, 0.29) is 0 Å². The summed E-state index contributed by atoms with van der Waals surface area (Å²) in [5.41, 5.74) is 2.41. The second kappa shape index (κ2) is 6.55. The van der Waals surface area contributed by atoms with E-state index in [9.17, 15) is 0 Å². The van der Waals surface area contributed by atoms with Crippen LogP contribution in [0.1, 0.15) is 44.7 Å². The molecular weight excluding hydrogens is 284 g/mol. The zero-order chi connectivity index (χ0) is 14.8. The number of ether oxygens (including phenoxy) is 1. The first-order valence-electron chi connectivity index (χ1n) is 8.10. The first-order chi connectivity index (χ1) is 10.2. The van der Waals surface area contributed by atoms with Crippen molar-refractivity contribution in [2.75, 3.05) is 24.5 Å². The normalized spacial score (nSPS) is 26.1. The average molecular weight is 309 g/mol. The predicted molar refractivity (Wildman–Crippen MR) is 88.3 cm³/mol. The first-order valence-corrected chi connectivity index (χ1v) is 8.48. The molecule has 1 N–H and O–H groups in total. The molecule has 0 radical (unpaired) electrons. The van der Waals surface area contributed by atoms with Crippen LogP contribution in [0.5, 0.6) is 0 Å². The van der Waals surface area contributed by atoms with Gasteiger partial charge in [-0.15, -0.1) is 0 Å². The van der Waals surface area contributed by atoms with Crippen LogP contribution in [0.3, 0.4) is 0 Å². The number of hydrogen-bond donors (Lipinski definition) is 1. The predicted octanol–water partition coefficient (Wildman–Crippen LogP) is 3.77. The third-order valence-corrected chi connectivity index (χ3v) is 4.86. The van der Waals surface area contributed by atoms with Gasteiger partial charge in [-0.05, 0) is 50.4 Å². The van der Waals surface area contributed by atoms with Crippen molar-refractivity contribution in [3.63, 3.8) is 0 Å². The van der Waals surface area contributed by atoms with Crippen LogP contribution in [0.2, 0.25) is 5.02 Å². The number of halogens is 1. The number of nitrogens with one attached hydrogen (secondary N) is 1. The highest BCUT2D eigenvalue weighted by Crippen LogP contribution is 2.34. The minimum atomic E-state index is 0.345. The molecule has 0 aliphatic carbocycles. The SMILES string of the molecule is CCCNC(C)c1ccc(N2CC3CCC(C2)O3)c(Cl)c1. The molecule has 3 nitrogen and oxygen atoms in total. The lowest BCUT2D eigenvalue weighted by Gasteiger charge is -2.34. The van der Waals surface area contributed by atoms with Gasteiger partial charge in [0.25, 0.3) is 0 Å². The Hall–Kier alpha value is -0.770. The Morgan fingerprint density at radius 1 is 1.33 bits per heavy atom. The fourth-order valence-electron chi connectivity index (χ4n) is 3.34. The van der Waals surface area contributed by atoms with E-state index in [2.05, 4.69) is 42.3 Å². The Morgan fingerprint density at radius 3 is 2.67 bits per heavy atom. The Kier molecular flexibility index (Phi) is 4.72. The number of morpholine rings is 1. The zero-order valence-corrected chi connectivity index (χ0v) is 13.7. The van der Waals surface area contributed by atoms with Crippen molar-refractivity contribution in [3.8, 4) is 0 Å². The van der Waals surface area contributed by atoms with Crippen LogP contribution in [0.4, 0.5) is 5.69 Å². The van der Waals surface area contributed by atoms with Crippen LogP contribution in [0.15, 0.2) is 18.2 Å². The van der Waals surface area contributed by atoms with Gasteiger partial charge in [-0.1, -0.05) is 24.6 Å². The summed E-state index contributed by atoms with van der Waals surface area (Å²) in [6.07, 6.45) is 4.31. The van der Waals surface area contributed by atoms with E-state index < -0.39 is 0 Å². The fourth-order valence-corrected chi connectivity index (χ4v) is 3.65. The van der Waals surface area contributed by atoms with E-state index in [1.165, 1.54) is 18.4 Å². The Balaban J connectivity index is 1.72. The standard InChI is InChI=1S/C17H25ClN2O/c1-3-8-19-12(2)13-4-7-17(16(18)9-13)20-10-14-5-6-15(11-20)21-14/h4,7,9,12,14-15,19H,3,5-6,8,10-11H2,1-2H3. The highest BCUT2D eigenvalue weighted by molar-refractivity contribution is 6.33. The summed E-state index contributed by atoms with van der Waals surface area (Å²) in [6.45, 7) is 7.35. The van der Waals surface area contributed by atoms with Crippen molar-refractivity contribution in [3.05, 3.63) is 28.8 Å². The molecule has 2 aliphatic heterocycles. The molecule has 1 aromatic carbocycles. The third-order valence-electron chi connectivity index (χ3n) is 4.56. The molecule has 3 unspecified atom stereocenters. The molecule has 2 heterocycles. The molecule has 0 amide bonds. The topological polar surface area (TPSA) is 24.5 Å². The maximum absolute atomic E-state index is 6.55. The smallest absolute Gasteiger partial charge is 0.0755 e. The second-order valence-electron chi connectivity index (χ2n) is 6.25. The lowest BCUT2D eigenvalue weighted by atomic mass is 10.1. The van der Waals surface area contributed by atoms with Crippen molar-refractivity contribution in [2.24, 2.45) is 0 Å². The summed E-state index contributed by atoms with van der Waals surface area (Å²) in [6, 6.07) is 6.83. The van der Waals surface area contributed by atoms with Crippen LogP contribution in [-0.2, 0) is 4.74 Å². The van der Waals surface area contributed by atoms with Gasteiger partial charge >= 0.3 is 0 Å². The summed E-state index contributed by atoms with van der Waals surface area (Å²) < 4.78 is 5.90. The fraction of sp³-hybridized carbons (Fsp3) is 0.647. The largest absolute Gasteiger partial charge is 0.371 e. The van der Waals surface area contributed by atoms with Gasteiger partial charge in [-0.2, -0.15) is 0 Å². The molecule has 2 fully saturated rings. The van der Waals surface area contributed by atoms with Gasteiger partial charge in [-0.25, -0.2) is 0 Å². The van der Waals surface area contributed by atoms with Crippen molar-refractivity contribution >= 4 is 17.3 Å². The maximum atomic E-state index is 6.55. The van der Waals surface area contributed by atoms with Gasteiger partial charge in [-0.3, -0.25) is 0 Å². The summed E-state index contributed by atoms with van der Waals surface area (Å²) >= 11 is 6.55. The molecule has 21 heavy (non-hydrogen) atoms. The number of hydrogen-bond acceptors (Lipinski definition) is 3. The third kappa shape index (κ3) is 3.36. The quantitative estimate of drug-likeness (QED) is 0.896. The van der Waals surface area contributed by atoms with E-state index in [4.69, 9.17) is 16.3 Å². The van der Waals surface area contributed by atoms with Crippen LogP contribution >= 0.6 is 11.6 Å². The summed E-state index contributed by atoms with van der Waals surface area (Å²) in [5.74, 6) is 0. The van der Waals surface area contributed by atoms with Crippen LogP contribution in [0.25, 0.3) is 0 Å². The van der Waals surface area contributed by atoms with Crippen LogP contribution in [-0.4, -0.2) is 31.8 Å². The van der Waals surface area contributed by atoms with E-state index in [1.54, 1.807) is 0 Å². The van der Waals surface area contributed by atoms with Gasteiger partial charge < -0.3 is 15.0 Å². The summed E-state index contributed by atoms with van der Waals surface area (Å²) in [4.78, 5) is 2.39. The molecule has 2 aliphatic rings. The molecule has 0 saturated carbocycles. The molecular formula is C17H25ClN2O. The van der Waals surface area contributed by atoms with Crippen molar-refractivity contribution in [1.29, 1.82) is 0 Å². The van der Waals surface area contributed by atoms with Crippen molar-refractivity contribution < 1.29 is 4.74 Å². The van der Waals surface area contributed by atoms with Crippen molar-refractivity contribution in [2.45, 2.75) is 51.4 Å². The van der Waals surface area contributed by atoms with Gasteiger partial charge in [0.05, 0.1) is 22.9 Å². The first kappa shape index (κ1) is 15.1. The Morgan fingerprint density at radius 2 is 2.05 bits per heavy atom. The van der Waals surface area contributed by atoms with Gasteiger partial charge in [0.15, 0.2) is 0 Å². The molecule has 2 bridgehead atoms. The summed E-state index contributed by atoms with van der Waals surface area (Å²) in [7, 11) is 0. The van der Waals surface area contributed by atoms with Gasteiger partial charge in [0, 0.05) is 19.1 Å². The number of benzene rings is 1. The monoisotopic (exact) mass is 308 g/mol. The molecule has 3 rings (SSSR count). The lowest BCUT2D eigenvalue weighted by Crippen LogP contribution is -2.42. The van der Waals surface area contributed by atoms with E-state index in [0.29, 0.717) is 18.2 Å². The Labute approximate surface area is 132 Å². The Bertz CT molecular complexity index is 482. The van der Waals surface area contributed by atoms with E-state index in [1.807, 2.05) is 0 Å². The molecule has 0 aromatic heterocycles. The van der Waals surface area contributed by atoms with Gasteiger partial charge in [0.1, 0.15) is 0 Å². The minimum Gasteiger partial charge on any atom is -0.371 e. The minimum absolute atomic E-state index is 0.345. The molecule has 1 aromatic rings. The number of rotatable bonds is 5. The lowest BCUT2D eigenvalue weighted by molar-refractivity contribution is 0.0305.